The quantitative estimate of drug-likeness (QED) is 0.460. The summed E-state index contributed by atoms with van der Waals surface area (Å²) in [6, 6.07) is 0. The molecular formula is C12H19N. The topological polar surface area (TPSA) is 12.4 Å². The predicted octanol–water partition coefficient (Wildman–Crippen LogP) is 3.75. The van der Waals surface area contributed by atoms with Crippen LogP contribution in [0, 0.1) is 5.41 Å². The van der Waals surface area contributed by atoms with Crippen LogP contribution in [0.1, 0.15) is 27.7 Å². The van der Waals surface area contributed by atoms with E-state index in [0.29, 0.717) is 0 Å². The Balaban J connectivity index is 4.40. The molecule has 0 bridgehead atoms. The Hall–Kier alpha value is -1.11. The Labute approximate surface area is 81.6 Å². The largest absolute Gasteiger partial charge is 0.272 e. The number of hydrogen-bond donors (Lipinski definition) is 0. The van der Waals surface area contributed by atoms with Crippen LogP contribution in [0.3, 0.4) is 0 Å². The molecule has 0 aliphatic carbocycles. The molecule has 0 spiro atoms. The molecule has 0 radical (unpaired) electrons. The van der Waals surface area contributed by atoms with Gasteiger partial charge in [0.1, 0.15) is 0 Å². The van der Waals surface area contributed by atoms with Crippen LogP contribution in [-0.4, -0.2) is 6.72 Å². The van der Waals surface area contributed by atoms with E-state index in [1.165, 1.54) is 0 Å². The third kappa shape index (κ3) is 7.26. The Bertz CT molecular complexity index is 236. The highest BCUT2D eigenvalue weighted by molar-refractivity contribution is 5.33. The van der Waals surface area contributed by atoms with Gasteiger partial charge in [0, 0.05) is 6.20 Å². The van der Waals surface area contributed by atoms with E-state index in [0.717, 1.165) is 5.57 Å². The second-order valence-corrected chi connectivity index (χ2v) is 3.99. The molecule has 0 N–H and O–H groups in total. The molecule has 0 aliphatic heterocycles. The molecule has 1 heteroatoms. The molecule has 72 valence electrons. The van der Waals surface area contributed by atoms with E-state index >= 15 is 0 Å². The Kier molecular flexibility index (Phi) is 5.05. The summed E-state index contributed by atoms with van der Waals surface area (Å²) in [6.07, 6.45) is 9.96. The summed E-state index contributed by atoms with van der Waals surface area (Å²) in [7, 11) is 0. The fourth-order valence-electron chi connectivity index (χ4n) is 0.733. The molecule has 0 rings (SSSR count). The highest BCUT2D eigenvalue weighted by Gasteiger charge is 2.02. The van der Waals surface area contributed by atoms with Crippen molar-refractivity contribution in [3.63, 3.8) is 0 Å². The van der Waals surface area contributed by atoms with Gasteiger partial charge in [-0.25, -0.2) is 0 Å². The average Bonchev–Trinajstić information content (AvgIpc) is 2.03. The van der Waals surface area contributed by atoms with Crippen molar-refractivity contribution in [2.75, 3.05) is 0 Å². The zero-order chi connectivity index (χ0) is 10.3. The first-order chi connectivity index (χ1) is 5.99. The van der Waals surface area contributed by atoms with Gasteiger partial charge in [-0.1, -0.05) is 39.0 Å². The first kappa shape index (κ1) is 11.9. The van der Waals surface area contributed by atoms with Crippen molar-refractivity contribution < 1.29 is 0 Å². The molecule has 0 aromatic rings. The van der Waals surface area contributed by atoms with E-state index in [4.69, 9.17) is 0 Å². The number of nitrogens with zero attached hydrogens (tertiary/aromatic N) is 1. The SMILES string of the molecule is C=N\C=C/C(=C\C)/C=C/C(C)(C)C. The van der Waals surface area contributed by atoms with Gasteiger partial charge < -0.3 is 0 Å². The molecule has 0 aliphatic rings. The summed E-state index contributed by atoms with van der Waals surface area (Å²) in [4.78, 5) is 3.66. The van der Waals surface area contributed by atoms with Gasteiger partial charge in [0.25, 0.3) is 0 Å². The lowest BCUT2D eigenvalue weighted by atomic mass is 9.95. The van der Waals surface area contributed by atoms with Crippen molar-refractivity contribution >= 4 is 6.72 Å². The first-order valence-electron chi connectivity index (χ1n) is 4.47. The summed E-state index contributed by atoms with van der Waals surface area (Å²) in [5, 5.41) is 0. The minimum atomic E-state index is 0.226. The van der Waals surface area contributed by atoms with E-state index < -0.39 is 0 Å². The highest BCUT2D eigenvalue weighted by Crippen LogP contribution is 2.16. The minimum absolute atomic E-state index is 0.226. The van der Waals surface area contributed by atoms with Crippen LogP contribution in [0.5, 0.6) is 0 Å². The molecular weight excluding hydrogens is 158 g/mol. The standard InChI is InChI=1S/C12H19N/c1-6-11(8-10-13-5)7-9-12(2,3)4/h6-10H,5H2,1-4H3/b9-7+,10-8-,11-6-. The van der Waals surface area contributed by atoms with Crippen LogP contribution >= 0.6 is 0 Å². The number of allylic oxidation sites excluding steroid dienone is 5. The summed E-state index contributed by atoms with van der Waals surface area (Å²) in [5.74, 6) is 0. The Morgan fingerprint density at radius 1 is 1.23 bits per heavy atom. The van der Waals surface area contributed by atoms with Crippen molar-refractivity contribution in [1.82, 2.24) is 0 Å². The van der Waals surface area contributed by atoms with Crippen LogP contribution in [0.25, 0.3) is 0 Å². The lowest BCUT2D eigenvalue weighted by molar-refractivity contribution is 0.544. The Morgan fingerprint density at radius 2 is 1.85 bits per heavy atom. The van der Waals surface area contributed by atoms with Gasteiger partial charge >= 0.3 is 0 Å². The third-order valence-corrected chi connectivity index (χ3v) is 1.48. The van der Waals surface area contributed by atoms with Crippen LogP contribution < -0.4 is 0 Å². The third-order valence-electron chi connectivity index (χ3n) is 1.48. The van der Waals surface area contributed by atoms with Crippen LogP contribution in [0.15, 0.2) is 41.1 Å². The molecule has 0 saturated heterocycles. The maximum absolute atomic E-state index is 3.66. The normalized spacial score (nSPS) is 14.3. The molecule has 0 heterocycles. The highest BCUT2D eigenvalue weighted by atomic mass is 14.6. The van der Waals surface area contributed by atoms with Gasteiger partial charge in [0.05, 0.1) is 0 Å². The monoisotopic (exact) mass is 177 g/mol. The maximum atomic E-state index is 3.66. The zero-order valence-corrected chi connectivity index (χ0v) is 9.04. The molecule has 0 unspecified atom stereocenters. The number of rotatable bonds is 3. The summed E-state index contributed by atoms with van der Waals surface area (Å²) >= 11 is 0. The molecule has 0 atom stereocenters. The van der Waals surface area contributed by atoms with Crippen molar-refractivity contribution in [1.29, 1.82) is 0 Å². The van der Waals surface area contributed by atoms with Gasteiger partial charge in [-0.2, -0.15) is 0 Å². The molecule has 1 nitrogen and oxygen atoms in total. The zero-order valence-electron chi connectivity index (χ0n) is 9.04. The number of hydrogen-bond acceptors (Lipinski definition) is 1. The van der Waals surface area contributed by atoms with Crippen LogP contribution in [-0.2, 0) is 0 Å². The lowest BCUT2D eigenvalue weighted by Crippen LogP contribution is -1.98. The maximum Gasteiger partial charge on any atom is 0.0266 e. The summed E-state index contributed by atoms with van der Waals surface area (Å²) in [5.41, 5.74) is 1.38. The molecule has 0 aromatic carbocycles. The molecule has 0 fully saturated rings. The van der Waals surface area contributed by atoms with Crippen molar-refractivity contribution in [2.45, 2.75) is 27.7 Å². The fraction of sp³-hybridized carbons (Fsp3) is 0.417. The smallest absolute Gasteiger partial charge is 0.0266 e. The number of aliphatic imine (C=N–C) groups is 1. The van der Waals surface area contributed by atoms with Gasteiger partial charge in [-0.3, -0.25) is 4.99 Å². The van der Waals surface area contributed by atoms with Crippen molar-refractivity contribution in [3.8, 4) is 0 Å². The molecule has 13 heavy (non-hydrogen) atoms. The molecule has 0 saturated carbocycles. The van der Waals surface area contributed by atoms with E-state index in [1.54, 1.807) is 6.20 Å². The molecule has 0 amide bonds. The second-order valence-electron chi connectivity index (χ2n) is 3.99. The van der Waals surface area contributed by atoms with E-state index in [2.05, 4.69) is 44.6 Å². The van der Waals surface area contributed by atoms with E-state index in [-0.39, 0.29) is 5.41 Å². The van der Waals surface area contributed by atoms with Gasteiger partial charge in [0.2, 0.25) is 0 Å². The van der Waals surface area contributed by atoms with Gasteiger partial charge in [-0.15, -0.1) is 0 Å². The molecule has 0 aromatic heterocycles. The van der Waals surface area contributed by atoms with E-state index in [1.807, 2.05) is 19.1 Å². The van der Waals surface area contributed by atoms with Crippen molar-refractivity contribution in [3.05, 3.63) is 36.1 Å². The van der Waals surface area contributed by atoms with Crippen molar-refractivity contribution in [2.24, 2.45) is 10.4 Å². The first-order valence-corrected chi connectivity index (χ1v) is 4.47. The van der Waals surface area contributed by atoms with Gasteiger partial charge in [-0.05, 0) is 30.7 Å². The van der Waals surface area contributed by atoms with Crippen LogP contribution in [0.4, 0.5) is 0 Å². The predicted molar refractivity (Wildman–Crippen MR) is 61.0 cm³/mol. The second kappa shape index (κ2) is 5.52. The fourth-order valence-corrected chi connectivity index (χ4v) is 0.733. The minimum Gasteiger partial charge on any atom is -0.272 e. The van der Waals surface area contributed by atoms with E-state index in [9.17, 15) is 0 Å². The lowest BCUT2D eigenvalue weighted by Gasteiger charge is -2.10. The van der Waals surface area contributed by atoms with Gasteiger partial charge in [0.15, 0.2) is 0 Å². The summed E-state index contributed by atoms with van der Waals surface area (Å²) < 4.78 is 0. The Morgan fingerprint density at radius 3 is 2.23 bits per heavy atom. The van der Waals surface area contributed by atoms with Crippen LogP contribution in [0.2, 0.25) is 0 Å². The summed E-state index contributed by atoms with van der Waals surface area (Å²) in [6.45, 7) is 11.9. The average molecular weight is 177 g/mol.